The van der Waals surface area contributed by atoms with Gasteiger partial charge >= 0.3 is 0 Å². The molecule has 0 saturated heterocycles. The molecule has 12 heavy (non-hydrogen) atoms. The molecule has 1 unspecified atom stereocenters. The van der Waals surface area contributed by atoms with Crippen LogP contribution < -0.4 is 5.32 Å². The minimum absolute atomic E-state index is 0.295. The average molecular weight is 167 g/mol. The van der Waals surface area contributed by atoms with E-state index < -0.39 is 0 Å². The first kappa shape index (κ1) is 9.57. The lowest BCUT2D eigenvalue weighted by Gasteiger charge is -2.28. The van der Waals surface area contributed by atoms with Crippen LogP contribution in [0.25, 0.3) is 0 Å². The lowest BCUT2D eigenvalue weighted by Crippen LogP contribution is -2.33. The molecule has 0 spiro atoms. The molecule has 1 atom stereocenters. The van der Waals surface area contributed by atoms with Crippen LogP contribution in [0.1, 0.15) is 26.2 Å². The van der Waals surface area contributed by atoms with Crippen LogP contribution in [0.4, 0.5) is 0 Å². The predicted octanol–water partition coefficient (Wildman–Crippen LogP) is 1.17. The summed E-state index contributed by atoms with van der Waals surface area (Å²) in [6, 6.07) is 0. The Morgan fingerprint density at radius 3 is 2.92 bits per heavy atom. The number of hydrogen-bond donors (Lipinski definition) is 1. The number of nitrogens with one attached hydrogen (secondary N) is 1. The Kier molecular flexibility index (Phi) is 4.13. The summed E-state index contributed by atoms with van der Waals surface area (Å²) in [6.45, 7) is 3.58. The second-order valence-electron chi connectivity index (χ2n) is 3.33. The molecule has 0 bridgehead atoms. The van der Waals surface area contributed by atoms with Gasteiger partial charge in [0.05, 0.1) is 18.8 Å². The van der Waals surface area contributed by atoms with Gasteiger partial charge in [-0.1, -0.05) is 5.92 Å². The fraction of sp³-hybridized carbons (Fsp3) is 0.800. The molecule has 2 heteroatoms. The van der Waals surface area contributed by atoms with Crippen LogP contribution in [0.15, 0.2) is 0 Å². The molecule has 1 fully saturated rings. The van der Waals surface area contributed by atoms with Gasteiger partial charge in [0, 0.05) is 6.54 Å². The van der Waals surface area contributed by atoms with Crippen LogP contribution in [-0.2, 0) is 4.74 Å². The van der Waals surface area contributed by atoms with E-state index in [2.05, 4.69) is 18.2 Å². The van der Waals surface area contributed by atoms with Crippen LogP contribution in [0.3, 0.4) is 0 Å². The molecule has 0 heterocycles. The van der Waals surface area contributed by atoms with Gasteiger partial charge < -0.3 is 10.1 Å². The third-order valence-electron chi connectivity index (χ3n) is 2.14. The summed E-state index contributed by atoms with van der Waals surface area (Å²) in [5, 5.41) is 3.13. The van der Waals surface area contributed by atoms with E-state index in [4.69, 9.17) is 11.2 Å². The first-order valence-electron chi connectivity index (χ1n) is 4.62. The van der Waals surface area contributed by atoms with E-state index >= 15 is 0 Å². The Hall–Kier alpha value is -0.520. The molecule has 2 nitrogen and oxygen atoms in total. The maximum absolute atomic E-state index is 5.70. The van der Waals surface area contributed by atoms with Crippen LogP contribution in [0, 0.1) is 12.3 Å². The Labute approximate surface area is 74.7 Å². The topological polar surface area (TPSA) is 21.3 Å². The van der Waals surface area contributed by atoms with E-state index in [0.717, 1.165) is 6.54 Å². The van der Waals surface area contributed by atoms with Crippen molar-refractivity contribution in [3.8, 4) is 12.3 Å². The summed E-state index contributed by atoms with van der Waals surface area (Å²) in [5.41, 5.74) is 0. The zero-order valence-electron chi connectivity index (χ0n) is 7.68. The smallest absolute Gasteiger partial charge is 0.0675 e. The van der Waals surface area contributed by atoms with Gasteiger partial charge in [-0.15, -0.1) is 6.42 Å². The molecule has 1 saturated carbocycles. The van der Waals surface area contributed by atoms with Crippen molar-refractivity contribution in [2.75, 3.05) is 13.1 Å². The van der Waals surface area contributed by atoms with Crippen LogP contribution in [-0.4, -0.2) is 25.3 Å². The largest absolute Gasteiger partial charge is 0.374 e. The highest BCUT2D eigenvalue weighted by Gasteiger charge is 2.19. The van der Waals surface area contributed by atoms with Gasteiger partial charge in [0.1, 0.15) is 0 Å². The Morgan fingerprint density at radius 2 is 2.42 bits per heavy atom. The molecule has 68 valence electrons. The SMILES string of the molecule is C#CCNCC(C)OC1CCC1. The highest BCUT2D eigenvalue weighted by atomic mass is 16.5. The Bertz CT molecular complexity index is 158. The van der Waals surface area contributed by atoms with Gasteiger partial charge in [0.2, 0.25) is 0 Å². The molecule has 1 N–H and O–H groups in total. The summed E-state index contributed by atoms with van der Waals surface area (Å²) >= 11 is 0. The van der Waals surface area contributed by atoms with Gasteiger partial charge in [-0.3, -0.25) is 0 Å². The first-order valence-corrected chi connectivity index (χ1v) is 4.62. The zero-order valence-corrected chi connectivity index (χ0v) is 7.68. The molecule has 1 aliphatic carbocycles. The second-order valence-corrected chi connectivity index (χ2v) is 3.33. The van der Waals surface area contributed by atoms with E-state index in [1.807, 2.05) is 0 Å². The summed E-state index contributed by atoms with van der Waals surface area (Å²) in [6.07, 6.45) is 9.72. The van der Waals surface area contributed by atoms with Crippen LogP contribution in [0.5, 0.6) is 0 Å². The standard InChI is InChI=1S/C10H17NO/c1-3-7-11-8-9(2)12-10-5-4-6-10/h1,9-11H,4-8H2,2H3. The highest BCUT2D eigenvalue weighted by Crippen LogP contribution is 2.22. The van der Waals surface area contributed by atoms with Gasteiger partial charge in [-0.05, 0) is 26.2 Å². The lowest BCUT2D eigenvalue weighted by molar-refractivity contribution is -0.0414. The van der Waals surface area contributed by atoms with E-state index in [9.17, 15) is 0 Å². The molecule has 1 rings (SSSR count). The molecule has 0 radical (unpaired) electrons. The Balaban J connectivity index is 1.96. The van der Waals surface area contributed by atoms with Gasteiger partial charge in [-0.2, -0.15) is 0 Å². The number of ether oxygens (including phenoxy) is 1. The quantitative estimate of drug-likeness (QED) is 0.490. The summed E-state index contributed by atoms with van der Waals surface area (Å²) in [4.78, 5) is 0. The molecular formula is C10H17NO. The van der Waals surface area contributed by atoms with Crippen molar-refractivity contribution in [3.63, 3.8) is 0 Å². The van der Waals surface area contributed by atoms with Crippen molar-refractivity contribution < 1.29 is 4.74 Å². The van der Waals surface area contributed by atoms with Crippen molar-refractivity contribution in [2.24, 2.45) is 0 Å². The molecule has 0 aromatic carbocycles. The minimum atomic E-state index is 0.295. The first-order chi connectivity index (χ1) is 5.83. The van der Waals surface area contributed by atoms with Crippen molar-refractivity contribution in [1.29, 1.82) is 0 Å². The van der Waals surface area contributed by atoms with Crippen molar-refractivity contribution in [3.05, 3.63) is 0 Å². The summed E-state index contributed by atoms with van der Waals surface area (Å²) < 4.78 is 5.70. The number of rotatable bonds is 5. The van der Waals surface area contributed by atoms with Crippen molar-refractivity contribution in [1.82, 2.24) is 5.32 Å². The van der Waals surface area contributed by atoms with E-state index in [-0.39, 0.29) is 0 Å². The monoisotopic (exact) mass is 167 g/mol. The third-order valence-corrected chi connectivity index (χ3v) is 2.14. The molecule has 0 aromatic rings. The summed E-state index contributed by atoms with van der Waals surface area (Å²) in [5.74, 6) is 2.54. The number of hydrogen-bond acceptors (Lipinski definition) is 2. The van der Waals surface area contributed by atoms with Gasteiger partial charge in [0.15, 0.2) is 0 Å². The minimum Gasteiger partial charge on any atom is -0.374 e. The highest BCUT2D eigenvalue weighted by molar-refractivity contribution is 4.86. The fourth-order valence-electron chi connectivity index (χ4n) is 1.23. The molecule has 0 aromatic heterocycles. The summed E-state index contributed by atoms with van der Waals surface area (Å²) in [7, 11) is 0. The maximum atomic E-state index is 5.70. The predicted molar refractivity (Wildman–Crippen MR) is 49.9 cm³/mol. The third kappa shape index (κ3) is 3.25. The fourth-order valence-corrected chi connectivity index (χ4v) is 1.23. The van der Waals surface area contributed by atoms with Crippen molar-refractivity contribution >= 4 is 0 Å². The van der Waals surface area contributed by atoms with E-state index in [1.54, 1.807) is 0 Å². The van der Waals surface area contributed by atoms with Crippen LogP contribution >= 0.6 is 0 Å². The number of terminal acetylenes is 1. The molecule has 0 amide bonds. The Morgan fingerprint density at radius 1 is 1.67 bits per heavy atom. The van der Waals surface area contributed by atoms with Gasteiger partial charge in [-0.25, -0.2) is 0 Å². The molecule has 0 aliphatic heterocycles. The lowest BCUT2D eigenvalue weighted by atomic mass is 9.96. The molecular weight excluding hydrogens is 150 g/mol. The normalized spacial score (nSPS) is 19.7. The molecule has 1 aliphatic rings. The van der Waals surface area contributed by atoms with E-state index in [0.29, 0.717) is 18.8 Å². The van der Waals surface area contributed by atoms with Gasteiger partial charge in [0.25, 0.3) is 0 Å². The van der Waals surface area contributed by atoms with E-state index in [1.165, 1.54) is 19.3 Å². The second kappa shape index (κ2) is 5.18. The van der Waals surface area contributed by atoms with Crippen LogP contribution in [0.2, 0.25) is 0 Å². The maximum Gasteiger partial charge on any atom is 0.0675 e. The van der Waals surface area contributed by atoms with Crippen molar-refractivity contribution in [2.45, 2.75) is 38.4 Å². The zero-order chi connectivity index (χ0) is 8.81. The average Bonchev–Trinajstić information content (AvgIpc) is 1.98.